The van der Waals surface area contributed by atoms with Crippen LogP contribution in [0.15, 0.2) is 59.5 Å². The lowest BCUT2D eigenvalue weighted by Gasteiger charge is -2.35. The minimum atomic E-state index is -1.36. The molecule has 2 fully saturated rings. The van der Waals surface area contributed by atoms with E-state index in [0.29, 0.717) is 44.1 Å². The van der Waals surface area contributed by atoms with Gasteiger partial charge < -0.3 is 25.0 Å². The molecule has 1 unspecified atom stereocenters. The van der Waals surface area contributed by atoms with Crippen molar-refractivity contribution in [1.82, 2.24) is 18.8 Å². The van der Waals surface area contributed by atoms with Gasteiger partial charge in [0, 0.05) is 24.2 Å². The first-order valence-corrected chi connectivity index (χ1v) is 13.9. The van der Waals surface area contributed by atoms with Gasteiger partial charge in [0.05, 0.1) is 44.7 Å². The monoisotopic (exact) mass is 538 g/mol. The van der Waals surface area contributed by atoms with Crippen LogP contribution in [0.1, 0.15) is 24.0 Å². The van der Waals surface area contributed by atoms with Gasteiger partial charge in [0.2, 0.25) is 5.75 Å². The van der Waals surface area contributed by atoms with Crippen LogP contribution in [0, 0.1) is 12.3 Å². The first-order valence-electron chi connectivity index (χ1n) is 12.8. The fraction of sp³-hybridized carbons (Fsp3) is 0.407. The number of anilines is 2. The molecule has 0 amide bonds. The normalized spacial score (nSPS) is 17.8. The van der Waals surface area contributed by atoms with Crippen LogP contribution >= 0.6 is 0 Å². The summed E-state index contributed by atoms with van der Waals surface area (Å²) in [6.07, 6.45) is 3.42. The molecule has 1 aliphatic carbocycles. The van der Waals surface area contributed by atoms with E-state index in [1.165, 1.54) is 4.68 Å². The highest BCUT2D eigenvalue weighted by Gasteiger charge is 2.43. The van der Waals surface area contributed by atoms with E-state index in [4.69, 9.17) is 10.5 Å². The van der Waals surface area contributed by atoms with Crippen molar-refractivity contribution >= 4 is 22.9 Å². The number of hydrogen-bond donors (Lipinski definition) is 3. The van der Waals surface area contributed by atoms with Crippen LogP contribution < -0.4 is 25.7 Å². The van der Waals surface area contributed by atoms with Crippen LogP contribution in [0.2, 0.25) is 0 Å². The Morgan fingerprint density at radius 3 is 2.55 bits per heavy atom. The predicted octanol–water partition coefficient (Wildman–Crippen LogP) is 1.76. The van der Waals surface area contributed by atoms with Crippen molar-refractivity contribution in [2.45, 2.75) is 26.3 Å². The highest BCUT2D eigenvalue weighted by Crippen LogP contribution is 2.45. The van der Waals surface area contributed by atoms with Gasteiger partial charge in [0.1, 0.15) is 17.2 Å². The van der Waals surface area contributed by atoms with Crippen LogP contribution in [0.5, 0.6) is 5.75 Å². The molecule has 10 nitrogen and oxygen atoms in total. The first-order chi connectivity index (χ1) is 18.4. The number of ether oxygens (including phenoxy) is 1. The summed E-state index contributed by atoms with van der Waals surface area (Å²) in [5.41, 5.74) is 9.36. The lowest BCUT2D eigenvalue weighted by molar-refractivity contribution is 0.145. The Morgan fingerprint density at radius 1 is 1.16 bits per heavy atom. The molecule has 1 atom stereocenters. The van der Waals surface area contributed by atoms with Gasteiger partial charge in [0.25, 0.3) is 0 Å². The molecular weight excluding hydrogens is 504 g/mol. The first kappa shape index (κ1) is 26.5. The van der Waals surface area contributed by atoms with Gasteiger partial charge in [0.15, 0.2) is 0 Å². The number of aromatic nitrogens is 2. The molecule has 11 heteroatoms. The third-order valence-electron chi connectivity index (χ3n) is 7.29. The highest BCUT2D eigenvalue weighted by atomic mass is 32.2. The summed E-state index contributed by atoms with van der Waals surface area (Å²) in [5.74, 6) is 0.230. The molecule has 5 rings (SSSR count). The zero-order valence-corrected chi connectivity index (χ0v) is 22.3. The van der Waals surface area contributed by atoms with Gasteiger partial charge in [-0.1, -0.05) is 30.3 Å². The molecule has 1 aliphatic heterocycles. The molecule has 3 aromatic rings. The number of aliphatic hydroxyl groups is 1. The zero-order chi connectivity index (χ0) is 26.7. The van der Waals surface area contributed by atoms with E-state index in [1.807, 2.05) is 64.7 Å². The van der Waals surface area contributed by atoms with E-state index in [0.717, 1.165) is 29.7 Å². The fourth-order valence-corrected chi connectivity index (χ4v) is 5.39. The number of benzene rings is 2. The second kappa shape index (κ2) is 11.3. The van der Waals surface area contributed by atoms with Crippen molar-refractivity contribution in [3.8, 4) is 11.4 Å². The third kappa shape index (κ3) is 5.82. The SMILES string of the molecule is Cc1ccc(CN[S+]([O-])N2CCN(c3cnn(-c4ccccc4)c(=O)c3OCC3(CO)CC3)CC2)cc1N. The van der Waals surface area contributed by atoms with E-state index < -0.39 is 11.5 Å². The Morgan fingerprint density at radius 2 is 1.89 bits per heavy atom. The zero-order valence-electron chi connectivity index (χ0n) is 21.5. The summed E-state index contributed by atoms with van der Waals surface area (Å²) in [5, 5.41) is 14.2. The van der Waals surface area contributed by atoms with Gasteiger partial charge >= 0.3 is 5.56 Å². The summed E-state index contributed by atoms with van der Waals surface area (Å²) in [6, 6.07) is 15.1. The highest BCUT2D eigenvalue weighted by molar-refractivity contribution is 7.87. The van der Waals surface area contributed by atoms with Crippen LogP contribution in [0.3, 0.4) is 0 Å². The lowest BCUT2D eigenvalue weighted by atomic mass is 10.1. The number of aryl methyl sites for hydroxylation is 1. The van der Waals surface area contributed by atoms with Gasteiger partial charge in [-0.25, -0.2) is 0 Å². The van der Waals surface area contributed by atoms with Crippen molar-refractivity contribution < 1.29 is 14.4 Å². The average Bonchev–Trinajstić information content (AvgIpc) is 3.73. The third-order valence-corrected chi connectivity index (χ3v) is 8.51. The van der Waals surface area contributed by atoms with Crippen LogP contribution in [0.25, 0.3) is 5.69 Å². The number of hydrogen-bond acceptors (Lipinski definition) is 9. The maximum atomic E-state index is 13.5. The smallest absolute Gasteiger partial charge is 0.316 e. The number of nitrogen functional groups attached to an aromatic ring is 1. The molecule has 0 spiro atoms. The topological polar surface area (TPSA) is 132 Å². The molecule has 1 aromatic heterocycles. The lowest BCUT2D eigenvalue weighted by Crippen LogP contribution is -2.52. The predicted molar refractivity (Wildman–Crippen MR) is 148 cm³/mol. The van der Waals surface area contributed by atoms with Gasteiger partial charge in [-0.05, 0) is 49.1 Å². The molecule has 1 saturated heterocycles. The molecule has 2 aromatic carbocycles. The molecule has 2 aliphatic rings. The van der Waals surface area contributed by atoms with Crippen LogP contribution in [0.4, 0.5) is 11.4 Å². The van der Waals surface area contributed by atoms with Gasteiger partial charge in [-0.15, -0.1) is 9.03 Å². The Hall–Kier alpha value is -3.09. The molecule has 0 bridgehead atoms. The molecule has 38 heavy (non-hydrogen) atoms. The minimum Gasteiger partial charge on any atom is -0.579 e. The van der Waals surface area contributed by atoms with Gasteiger partial charge in [-0.2, -0.15) is 9.78 Å². The Balaban J connectivity index is 1.27. The Kier molecular flexibility index (Phi) is 7.91. The van der Waals surface area contributed by atoms with E-state index >= 15 is 0 Å². The number of nitrogens with one attached hydrogen (secondary N) is 1. The number of nitrogens with zero attached hydrogens (tertiary/aromatic N) is 4. The number of nitrogens with two attached hydrogens (primary N) is 1. The van der Waals surface area contributed by atoms with Crippen molar-refractivity contribution in [2.24, 2.45) is 5.41 Å². The fourth-order valence-electron chi connectivity index (χ4n) is 4.42. The minimum absolute atomic E-state index is 0.0347. The van der Waals surface area contributed by atoms with Gasteiger partial charge in [-0.3, -0.25) is 4.79 Å². The van der Waals surface area contributed by atoms with Crippen LogP contribution in [-0.4, -0.2) is 63.1 Å². The molecule has 0 radical (unpaired) electrons. The summed E-state index contributed by atoms with van der Waals surface area (Å²) in [7, 11) is 0. The maximum absolute atomic E-state index is 13.5. The number of aliphatic hydroxyl groups excluding tert-OH is 1. The van der Waals surface area contributed by atoms with Crippen LogP contribution in [-0.2, 0) is 18.1 Å². The Labute approximate surface area is 225 Å². The number of rotatable bonds is 10. The Bertz CT molecular complexity index is 1310. The summed E-state index contributed by atoms with van der Waals surface area (Å²) in [4.78, 5) is 15.6. The molecule has 202 valence electrons. The maximum Gasteiger partial charge on any atom is 0.316 e. The number of piperazine rings is 1. The van der Waals surface area contributed by atoms with E-state index in [1.54, 1.807) is 6.20 Å². The summed E-state index contributed by atoms with van der Waals surface area (Å²) < 4.78 is 25.3. The van der Waals surface area contributed by atoms with Crippen molar-refractivity contribution in [1.29, 1.82) is 0 Å². The molecule has 4 N–H and O–H groups in total. The largest absolute Gasteiger partial charge is 0.579 e. The molecule has 2 heterocycles. The van der Waals surface area contributed by atoms with Crippen molar-refractivity contribution in [3.05, 3.63) is 76.2 Å². The summed E-state index contributed by atoms with van der Waals surface area (Å²) in [6.45, 7) is 4.91. The molecular formula is C27H34N6O4S. The quantitative estimate of drug-likeness (QED) is 0.261. The number of para-hydroxylation sites is 1. The molecule has 1 saturated carbocycles. The summed E-state index contributed by atoms with van der Waals surface area (Å²) >= 11 is -1.36. The van der Waals surface area contributed by atoms with Crippen molar-refractivity contribution in [3.63, 3.8) is 0 Å². The van der Waals surface area contributed by atoms with E-state index in [9.17, 15) is 14.5 Å². The standard InChI is InChI=1S/C27H34N6O4S/c1-20-7-8-21(15-23(20)28)16-30-38(36)32-13-11-31(12-14-32)24-17-29-33(22-5-3-2-4-6-22)26(35)25(24)37-19-27(18-34)9-10-27/h2-8,15,17,30,34H,9-14,16,18-19,28H2,1H3. The second-order valence-electron chi connectivity index (χ2n) is 10.0. The van der Waals surface area contributed by atoms with E-state index in [-0.39, 0.29) is 29.9 Å². The second-order valence-corrected chi connectivity index (χ2v) is 11.3. The van der Waals surface area contributed by atoms with Crippen molar-refractivity contribution in [2.75, 3.05) is 50.0 Å². The average molecular weight is 539 g/mol. The van der Waals surface area contributed by atoms with E-state index in [2.05, 4.69) is 9.82 Å².